The number of esters is 1. The van der Waals surface area contributed by atoms with Crippen LogP contribution in [-0.2, 0) is 14.3 Å². The fourth-order valence-corrected chi connectivity index (χ4v) is 4.66. The summed E-state index contributed by atoms with van der Waals surface area (Å²) in [7, 11) is 1.41. The van der Waals surface area contributed by atoms with Crippen LogP contribution in [0.4, 0.5) is 0 Å². The van der Waals surface area contributed by atoms with Crippen molar-refractivity contribution >= 4 is 23.6 Å². The largest absolute Gasteiger partial charge is 0.465 e. The number of carbonyl (C=O) groups is 2. The van der Waals surface area contributed by atoms with E-state index in [1.807, 2.05) is 11.8 Å². The molecule has 2 heterocycles. The molecule has 0 aromatic heterocycles. The van der Waals surface area contributed by atoms with Gasteiger partial charge in [-0.3, -0.25) is 4.79 Å². The number of piperidine rings is 1. The maximum absolute atomic E-state index is 12.7. The first-order valence-electron chi connectivity index (χ1n) is 8.80. The van der Waals surface area contributed by atoms with E-state index in [9.17, 15) is 9.59 Å². The Balaban J connectivity index is 2.38. The molecule has 0 aromatic carbocycles. The zero-order valence-corrected chi connectivity index (χ0v) is 16.3. The average molecular weight is 355 g/mol. The molecule has 0 saturated carbocycles. The van der Waals surface area contributed by atoms with Gasteiger partial charge < -0.3 is 15.0 Å². The molecule has 1 saturated heterocycles. The second-order valence-electron chi connectivity index (χ2n) is 7.54. The molecule has 1 unspecified atom stereocenters. The summed E-state index contributed by atoms with van der Waals surface area (Å²) in [5.74, 6) is -0.210. The zero-order valence-electron chi connectivity index (χ0n) is 15.5. The summed E-state index contributed by atoms with van der Waals surface area (Å²) in [6.45, 7) is 10.2. The number of hydrogen-bond acceptors (Lipinski definition) is 5. The number of amides is 1. The van der Waals surface area contributed by atoms with E-state index < -0.39 is 0 Å². The number of thioether (sulfide) groups is 1. The fraction of sp³-hybridized carbons (Fsp3) is 0.778. The topological polar surface area (TPSA) is 58.6 Å². The molecule has 0 aliphatic carbocycles. The van der Waals surface area contributed by atoms with Gasteiger partial charge in [0, 0.05) is 29.8 Å². The highest BCUT2D eigenvalue weighted by Crippen LogP contribution is 2.48. The number of rotatable bonds is 4. The Hall–Kier alpha value is -1.01. The summed E-state index contributed by atoms with van der Waals surface area (Å²) >= 11 is 1.57. The van der Waals surface area contributed by atoms with Crippen molar-refractivity contribution in [1.82, 2.24) is 10.2 Å². The van der Waals surface area contributed by atoms with Gasteiger partial charge in [0.2, 0.25) is 5.91 Å². The predicted octanol–water partition coefficient (Wildman–Crippen LogP) is 2.91. The van der Waals surface area contributed by atoms with Crippen LogP contribution in [0.2, 0.25) is 0 Å². The Morgan fingerprint density at radius 2 is 1.92 bits per heavy atom. The van der Waals surface area contributed by atoms with Crippen molar-refractivity contribution in [2.45, 2.75) is 64.7 Å². The molecule has 1 fully saturated rings. The Bertz CT molecular complexity index is 519. The molecule has 1 amide bonds. The average Bonchev–Trinajstić information content (AvgIpc) is 3.00. The summed E-state index contributed by atoms with van der Waals surface area (Å²) in [6, 6.07) is 0.174. The van der Waals surface area contributed by atoms with E-state index in [0.717, 1.165) is 38.0 Å². The second kappa shape index (κ2) is 7.91. The standard InChI is InChI=1S/C18H30N2O3S/c1-6-15(21)20(12-7-9-19-10-8-12)13-11-14(18(2,3)4)24-16(13)17(22)23-5/h12,14,19H,6-11H2,1-5H3. The van der Waals surface area contributed by atoms with Crippen LogP contribution in [0.5, 0.6) is 0 Å². The van der Waals surface area contributed by atoms with E-state index in [4.69, 9.17) is 4.74 Å². The SMILES string of the molecule is CCC(=O)N(C1=C(C(=O)OC)SC(C(C)(C)C)C1)C1CCNCC1. The van der Waals surface area contributed by atoms with Gasteiger partial charge in [0.25, 0.3) is 0 Å². The van der Waals surface area contributed by atoms with Gasteiger partial charge >= 0.3 is 5.97 Å². The van der Waals surface area contributed by atoms with Crippen LogP contribution < -0.4 is 5.32 Å². The lowest BCUT2D eigenvalue weighted by molar-refractivity contribution is -0.135. The second-order valence-corrected chi connectivity index (χ2v) is 8.76. The highest BCUT2D eigenvalue weighted by molar-refractivity contribution is 8.04. The maximum atomic E-state index is 12.7. The Kier molecular flexibility index (Phi) is 6.37. The Morgan fingerprint density at radius 3 is 2.42 bits per heavy atom. The molecule has 0 spiro atoms. The van der Waals surface area contributed by atoms with Crippen molar-refractivity contribution in [3.05, 3.63) is 10.6 Å². The van der Waals surface area contributed by atoms with E-state index in [1.54, 1.807) is 11.8 Å². The minimum atomic E-state index is -0.315. The quantitative estimate of drug-likeness (QED) is 0.787. The first kappa shape index (κ1) is 19.3. The van der Waals surface area contributed by atoms with Crippen molar-refractivity contribution in [1.29, 1.82) is 0 Å². The van der Waals surface area contributed by atoms with E-state index in [0.29, 0.717) is 11.3 Å². The summed E-state index contributed by atoms with van der Waals surface area (Å²) in [4.78, 5) is 27.6. The number of ether oxygens (including phenoxy) is 1. The lowest BCUT2D eigenvalue weighted by atomic mass is 9.88. The minimum Gasteiger partial charge on any atom is -0.465 e. The fourth-order valence-electron chi connectivity index (χ4n) is 3.28. The maximum Gasteiger partial charge on any atom is 0.346 e. The van der Waals surface area contributed by atoms with Gasteiger partial charge in [-0.05, 0) is 31.3 Å². The number of methoxy groups -OCH3 is 1. The normalized spacial score (nSPS) is 22.6. The van der Waals surface area contributed by atoms with Crippen LogP contribution in [0.1, 0.15) is 53.4 Å². The summed E-state index contributed by atoms with van der Waals surface area (Å²) in [5, 5.41) is 3.62. The van der Waals surface area contributed by atoms with Gasteiger partial charge in [0.15, 0.2) is 0 Å². The van der Waals surface area contributed by atoms with Gasteiger partial charge in [-0.2, -0.15) is 0 Å². The highest BCUT2D eigenvalue weighted by Gasteiger charge is 2.41. The van der Waals surface area contributed by atoms with Crippen LogP contribution >= 0.6 is 11.8 Å². The van der Waals surface area contributed by atoms with Crippen LogP contribution in [0, 0.1) is 5.41 Å². The van der Waals surface area contributed by atoms with Crippen LogP contribution in [0.3, 0.4) is 0 Å². The van der Waals surface area contributed by atoms with Gasteiger partial charge in [0.05, 0.1) is 7.11 Å². The molecule has 136 valence electrons. The predicted molar refractivity (Wildman–Crippen MR) is 97.5 cm³/mol. The third kappa shape index (κ3) is 4.14. The molecule has 0 radical (unpaired) electrons. The Labute approximate surface area is 149 Å². The number of nitrogens with one attached hydrogen (secondary N) is 1. The monoisotopic (exact) mass is 354 g/mol. The van der Waals surface area contributed by atoms with Crippen molar-refractivity contribution in [2.75, 3.05) is 20.2 Å². The third-order valence-corrected chi connectivity index (χ3v) is 6.57. The summed E-state index contributed by atoms with van der Waals surface area (Å²) < 4.78 is 5.01. The van der Waals surface area contributed by atoms with Crippen molar-refractivity contribution in [3.63, 3.8) is 0 Å². The molecule has 1 N–H and O–H groups in total. The third-order valence-electron chi connectivity index (χ3n) is 4.77. The molecule has 5 nitrogen and oxygen atoms in total. The number of nitrogens with zero attached hydrogens (tertiary/aromatic N) is 1. The zero-order chi connectivity index (χ0) is 17.9. The van der Waals surface area contributed by atoms with Gasteiger partial charge in [-0.1, -0.05) is 27.7 Å². The van der Waals surface area contributed by atoms with Gasteiger partial charge in [-0.25, -0.2) is 4.79 Å². The molecule has 6 heteroatoms. The summed E-state index contributed by atoms with van der Waals surface area (Å²) in [5.41, 5.74) is 0.936. The van der Waals surface area contributed by atoms with Crippen LogP contribution in [0.15, 0.2) is 10.6 Å². The van der Waals surface area contributed by atoms with E-state index in [-0.39, 0.29) is 28.6 Å². The number of allylic oxidation sites excluding steroid dienone is 1. The molecular formula is C18H30N2O3S. The molecule has 1 atom stereocenters. The molecule has 2 aliphatic heterocycles. The first-order valence-corrected chi connectivity index (χ1v) is 9.68. The van der Waals surface area contributed by atoms with E-state index in [1.165, 1.54) is 7.11 Å². The first-order chi connectivity index (χ1) is 11.3. The lowest BCUT2D eigenvalue weighted by Crippen LogP contribution is -2.46. The molecule has 24 heavy (non-hydrogen) atoms. The molecule has 0 bridgehead atoms. The molecule has 2 rings (SSSR count). The van der Waals surface area contributed by atoms with Crippen molar-refractivity contribution in [2.24, 2.45) is 5.41 Å². The minimum absolute atomic E-state index is 0.0563. The van der Waals surface area contributed by atoms with Gasteiger partial charge in [-0.15, -0.1) is 11.8 Å². The van der Waals surface area contributed by atoms with Crippen LogP contribution in [0.25, 0.3) is 0 Å². The number of carbonyl (C=O) groups excluding carboxylic acids is 2. The van der Waals surface area contributed by atoms with Crippen LogP contribution in [-0.4, -0.2) is 48.3 Å². The smallest absolute Gasteiger partial charge is 0.346 e. The van der Waals surface area contributed by atoms with E-state index >= 15 is 0 Å². The van der Waals surface area contributed by atoms with E-state index in [2.05, 4.69) is 26.1 Å². The lowest BCUT2D eigenvalue weighted by Gasteiger charge is -2.36. The van der Waals surface area contributed by atoms with Crippen molar-refractivity contribution in [3.8, 4) is 0 Å². The molecule has 2 aliphatic rings. The summed E-state index contributed by atoms with van der Waals surface area (Å²) in [6.07, 6.45) is 3.05. The number of hydrogen-bond donors (Lipinski definition) is 1. The highest BCUT2D eigenvalue weighted by atomic mass is 32.2. The van der Waals surface area contributed by atoms with Crippen molar-refractivity contribution < 1.29 is 14.3 Å². The Morgan fingerprint density at radius 1 is 1.29 bits per heavy atom. The van der Waals surface area contributed by atoms with Gasteiger partial charge in [0.1, 0.15) is 4.91 Å². The molecular weight excluding hydrogens is 324 g/mol. The molecule has 0 aromatic rings.